The van der Waals surface area contributed by atoms with Crippen LogP contribution in [0.5, 0.6) is 0 Å². The first-order valence-corrected chi connectivity index (χ1v) is 10.3. The molecule has 4 rings (SSSR count). The Hall–Kier alpha value is -2.74. The van der Waals surface area contributed by atoms with Gasteiger partial charge in [0.05, 0.1) is 5.75 Å². The van der Waals surface area contributed by atoms with Crippen LogP contribution < -0.4 is 0 Å². The third-order valence-electron chi connectivity index (χ3n) is 4.90. The maximum absolute atomic E-state index is 13.1. The molecule has 0 saturated carbocycles. The smallest absolute Gasteiger partial charge is 0.247 e. The number of amides is 1. The van der Waals surface area contributed by atoms with Gasteiger partial charge in [-0.2, -0.15) is 0 Å². The fourth-order valence-corrected chi connectivity index (χ4v) is 4.05. The Morgan fingerprint density at radius 3 is 2.28 bits per heavy atom. The summed E-state index contributed by atoms with van der Waals surface area (Å²) in [4.78, 5) is 15.2. The van der Waals surface area contributed by atoms with Crippen LogP contribution in [0.2, 0.25) is 0 Å². The molecule has 0 spiro atoms. The van der Waals surface area contributed by atoms with Gasteiger partial charge in [0.2, 0.25) is 17.7 Å². The number of halogens is 2. The number of aromatic nitrogens is 2. The molecule has 5 nitrogen and oxygen atoms in total. The standard InChI is InChI=1S/C21H19F2N3O2S/c22-16-3-1-14(2-4-16)20-24-25-21(28-20)15-9-11-26(12-10-15)19(27)13-29-18-7-5-17(23)6-8-18/h1-8,15H,9-13H2. The van der Waals surface area contributed by atoms with Gasteiger partial charge in [-0.3, -0.25) is 4.79 Å². The van der Waals surface area contributed by atoms with E-state index < -0.39 is 0 Å². The summed E-state index contributed by atoms with van der Waals surface area (Å²) in [6.45, 7) is 1.25. The largest absolute Gasteiger partial charge is 0.420 e. The van der Waals surface area contributed by atoms with Gasteiger partial charge >= 0.3 is 0 Å². The van der Waals surface area contributed by atoms with Gasteiger partial charge in [-0.25, -0.2) is 8.78 Å². The molecule has 3 aromatic rings. The van der Waals surface area contributed by atoms with E-state index in [4.69, 9.17) is 4.42 Å². The molecule has 0 unspecified atom stereocenters. The molecule has 1 fully saturated rings. The summed E-state index contributed by atoms with van der Waals surface area (Å²) in [6, 6.07) is 12.0. The van der Waals surface area contributed by atoms with Crippen LogP contribution in [0.25, 0.3) is 11.5 Å². The molecule has 1 amide bonds. The first-order chi connectivity index (χ1) is 14.1. The van der Waals surface area contributed by atoms with E-state index in [1.165, 1.54) is 36.0 Å². The van der Waals surface area contributed by atoms with Crippen LogP contribution >= 0.6 is 11.8 Å². The molecule has 1 aliphatic rings. The zero-order valence-electron chi connectivity index (χ0n) is 15.6. The van der Waals surface area contributed by atoms with Crippen LogP contribution in [0.1, 0.15) is 24.7 Å². The molecule has 2 heterocycles. The third kappa shape index (κ3) is 4.82. The number of nitrogens with zero attached hydrogens (tertiary/aromatic N) is 3. The topological polar surface area (TPSA) is 59.2 Å². The molecule has 29 heavy (non-hydrogen) atoms. The van der Waals surface area contributed by atoms with E-state index in [1.807, 2.05) is 4.90 Å². The average Bonchev–Trinajstić information content (AvgIpc) is 3.24. The van der Waals surface area contributed by atoms with Crippen molar-refractivity contribution in [1.29, 1.82) is 0 Å². The van der Waals surface area contributed by atoms with Crippen LogP contribution in [0.3, 0.4) is 0 Å². The van der Waals surface area contributed by atoms with Crippen LogP contribution in [0, 0.1) is 11.6 Å². The lowest BCUT2D eigenvalue weighted by atomic mass is 9.97. The van der Waals surface area contributed by atoms with Crippen molar-refractivity contribution in [2.45, 2.75) is 23.7 Å². The lowest BCUT2D eigenvalue weighted by Crippen LogP contribution is -2.39. The van der Waals surface area contributed by atoms with Gasteiger partial charge < -0.3 is 9.32 Å². The van der Waals surface area contributed by atoms with Crippen molar-refractivity contribution >= 4 is 17.7 Å². The van der Waals surface area contributed by atoms with E-state index in [-0.39, 0.29) is 23.5 Å². The summed E-state index contributed by atoms with van der Waals surface area (Å²) in [5, 5.41) is 8.21. The summed E-state index contributed by atoms with van der Waals surface area (Å²) >= 11 is 1.40. The molecule has 0 bridgehead atoms. The van der Waals surface area contributed by atoms with Crippen molar-refractivity contribution in [3.8, 4) is 11.5 Å². The van der Waals surface area contributed by atoms with Crippen LogP contribution in [-0.4, -0.2) is 39.8 Å². The molecule has 0 radical (unpaired) electrons. The first kappa shape index (κ1) is 19.6. The molecule has 0 aliphatic carbocycles. The average molecular weight is 415 g/mol. The molecule has 1 saturated heterocycles. The van der Waals surface area contributed by atoms with Gasteiger partial charge in [-0.05, 0) is 61.4 Å². The third-order valence-corrected chi connectivity index (χ3v) is 5.90. The van der Waals surface area contributed by atoms with Gasteiger partial charge in [0.15, 0.2) is 0 Å². The Morgan fingerprint density at radius 2 is 1.62 bits per heavy atom. The SMILES string of the molecule is O=C(CSc1ccc(F)cc1)N1CCC(c2nnc(-c3ccc(F)cc3)o2)CC1. The number of carbonyl (C=O) groups is 1. The second-order valence-electron chi connectivity index (χ2n) is 6.85. The Labute approximate surface area is 171 Å². The summed E-state index contributed by atoms with van der Waals surface area (Å²) in [5.74, 6) is 0.813. The predicted octanol–water partition coefficient (Wildman–Crippen LogP) is 4.51. The lowest BCUT2D eigenvalue weighted by molar-refractivity contribution is -0.129. The first-order valence-electron chi connectivity index (χ1n) is 9.34. The number of likely N-dealkylation sites (tertiary alicyclic amines) is 1. The van der Waals surface area contributed by atoms with Crippen molar-refractivity contribution < 1.29 is 18.0 Å². The Kier molecular flexibility index (Phi) is 5.89. The van der Waals surface area contributed by atoms with Gasteiger partial charge in [0, 0.05) is 29.5 Å². The maximum atomic E-state index is 13.1. The molecule has 1 aliphatic heterocycles. The summed E-state index contributed by atoms with van der Waals surface area (Å²) < 4.78 is 31.8. The summed E-state index contributed by atoms with van der Waals surface area (Å²) in [5.41, 5.74) is 0.676. The van der Waals surface area contributed by atoms with Gasteiger partial charge in [-0.1, -0.05) is 0 Å². The molecular formula is C21H19F2N3O2S. The lowest BCUT2D eigenvalue weighted by Gasteiger charge is -2.30. The zero-order chi connectivity index (χ0) is 20.2. The Morgan fingerprint density at radius 1 is 1.00 bits per heavy atom. The summed E-state index contributed by atoms with van der Waals surface area (Å²) in [6.07, 6.45) is 1.50. The molecule has 150 valence electrons. The fourth-order valence-electron chi connectivity index (χ4n) is 3.25. The number of carbonyl (C=O) groups excluding carboxylic acids is 1. The van der Waals surface area contributed by atoms with E-state index in [1.54, 1.807) is 24.3 Å². The van der Waals surface area contributed by atoms with E-state index in [2.05, 4.69) is 10.2 Å². The van der Waals surface area contributed by atoms with Crippen molar-refractivity contribution in [3.05, 3.63) is 66.1 Å². The van der Waals surface area contributed by atoms with Crippen LogP contribution in [-0.2, 0) is 4.79 Å². The van der Waals surface area contributed by atoms with Gasteiger partial charge in [0.1, 0.15) is 11.6 Å². The highest BCUT2D eigenvalue weighted by molar-refractivity contribution is 8.00. The molecule has 1 aromatic heterocycles. The quantitative estimate of drug-likeness (QED) is 0.574. The number of rotatable bonds is 5. The van der Waals surface area contributed by atoms with Crippen LogP contribution in [0.15, 0.2) is 57.8 Å². The van der Waals surface area contributed by atoms with E-state index in [0.717, 1.165) is 17.7 Å². The number of benzene rings is 2. The molecule has 0 atom stereocenters. The van der Waals surface area contributed by atoms with Crippen molar-refractivity contribution in [2.24, 2.45) is 0 Å². The zero-order valence-corrected chi connectivity index (χ0v) is 16.4. The van der Waals surface area contributed by atoms with Crippen molar-refractivity contribution in [2.75, 3.05) is 18.8 Å². The Balaban J connectivity index is 1.29. The normalized spacial score (nSPS) is 14.9. The van der Waals surface area contributed by atoms with Crippen molar-refractivity contribution in [1.82, 2.24) is 15.1 Å². The monoisotopic (exact) mass is 415 g/mol. The minimum Gasteiger partial charge on any atom is -0.420 e. The number of piperidine rings is 1. The van der Waals surface area contributed by atoms with Crippen LogP contribution in [0.4, 0.5) is 8.78 Å². The number of thioether (sulfide) groups is 1. The van der Waals surface area contributed by atoms with Crippen molar-refractivity contribution in [3.63, 3.8) is 0 Å². The second-order valence-corrected chi connectivity index (χ2v) is 7.90. The maximum Gasteiger partial charge on any atom is 0.247 e. The molecular weight excluding hydrogens is 396 g/mol. The molecule has 0 N–H and O–H groups in total. The molecule has 8 heteroatoms. The fraction of sp³-hybridized carbons (Fsp3) is 0.286. The summed E-state index contributed by atoms with van der Waals surface area (Å²) in [7, 11) is 0. The van der Waals surface area contributed by atoms with Gasteiger partial charge in [0.25, 0.3) is 0 Å². The number of hydrogen-bond donors (Lipinski definition) is 0. The van der Waals surface area contributed by atoms with E-state index >= 15 is 0 Å². The minimum atomic E-state index is -0.317. The predicted molar refractivity (Wildman–Crippen MR) is 105 cm³/mol. The van der Waals surface area contributed by atoms with E-state index in [9.17, 15) is 13.6 Å². The highest BCUT2D eigenvalue weighted by Crippen LogP contribution is 2.30. The highest BCUT2D eigenvalue weighted by Gasteiger charge is 2.27. The molecule has 2 aromatic carbocycles. The van der Waals surface area contributed by atoms with E-state index in [0.29, 0.717) is 36.2 Å². The minimum absolute atomic E-state index is 0.0651. The number of hydrogen-bond acceptors (Lipinski definition) is 5. The highest BCUT2D eigenvalue weighted by atomic mass is 32.2. The van der Waals surface area contributed by atoms with Gasteiger partial charge in [-0.15, -0.1) is 22.0 Å². The Bertz CT molecular complexity index is 968. The second kappa shape index (κ2) is 8.73.